The van der Waals surface area contributed by atoms with Crippen LogP contribution in [0, 0.1) is 37.3 Å². The SMILES string of the molecule is Cc1nn([C@@H]2C[C@H](OC(=O)c3ccc([N+](=O)[O-])cc3)[C@@H](OC(=O)c3ccc([N+](=O)[O-])cc3)[C@@H](COC(=O)c3ccc([N+](=O)[O-])cc3)O2)c(=O)[nH]c1=O. The van der Waals surface area contributed by atoms with Gasteiger partial charge in [-0.1, -0.05) is 0 Å². The number of aromatic amines is 1. The van der Waals surface area contributed by atoms with Crippen molar-refractivity contribution in [1.29, 1.82) is 0 Å². The summed E-state index contributed by atoms with van der Waals surface area (Å²) in [5.74, 6) is -3.15. The number of ether oxygens (including phenoxy) is 4. The highest BCUT2D eigenvalue weighted by Crippen LogP contribution is 2.32. The number of nitrogens with zero attached hydrogens (tertiary/aromatic N) is 5. The maximum atomic E-state index is 13.4. The lowest BCUT2D eigenvalue weighted by molar-refractivity contribution is -0.385. The lowest BCUT2D eigenvalue weighted by atomic mass is 9.99. The number of aromatic nitrogens is 3. The van der Waals surface area contributed by atoms with Crippen LogP contribution in [0.25, 0.3) is 0 Å². The fourth-order valence-electron chi connectivity index (χ4n) is 4.95. The van der Waals surface area contributed by atoms with E-state index >= 15 is 0 Å². The van der Waals surface area contributed by atoms with Crippen LogP contribution in [0.5, 0.6) is 0 Å². The highest BCUT2D eigenvalue weighted by atomic mass is 16.6. The third-order valence-electron chi connectivity index (χ3n) is 7.61. The molecule has 0 amide bonds. The third-order valence-corrected chi connectivity index (χ3v) is 7.61. The molecule has 4 atom stereocenters. The Kier molecular flexibility index (Phi) is 10.5. The van der Waals surface area contributed by atoms with Crippen LogP contribution in [0.3, 0.4) is 0 Å². The lowest BCUT2D eigenvalue weighted by Gasteiger charge is -2.40. The molecule has 0 saturated carbocycles. The molecule has 268 valence electrons. The Hall–Kier alpha value is -7.16. The van der Waals surface area contributed by atoms with Crippen molar-refractivity contribution in [1.82, 2.24) is 14.8 Å². The number of esters is 3. The maximum absolute atomic E-state index is 13.4. The monoisotopic (exact) mass is 720 g/mol. The van der Waals surface area contributed by atoms with E-state index in [2.05, 4.69) is 10.1 Å². The number of hydrogen-bond donors (Lipinski definition) is 1. The molecular formula is C31H24N6O15. The summed E-state index contributed by atoms with van der Waals surface area (Å²) in [4.78, 5) is 97.8. The van der Waals surface area contributed by atoms with Gasteiger partial charge in [-0.15, -0.1) is 0 Å². The largest absolute Gasteiger partial charge is 0.459 e. The van der Waals surface area contributed by atoms with Gasteiger partial charge in [-0.05, 0) is 43.3 Å². The van der Waals surface area contributed by atoms with Crippen LogP contribution < -0.4 is 11.2 Å². The van der Waals surface area contributed by atoms with E-state index in [1.165, 1.54) is 6.92 Å². The first-order valence-electron chi connectivity index (χ1n) is 14.9. The number of carbonyl (C=O) groups is 3. The van der Waals surface area contributed by atoms with E-state index in [4.69, 9.17) is 18.9 Å². The van der Waals surface area contributed by atoms with Crippen LogP contribution in [0.1, 0.15) is 49.4 Å². The first-order valence-corrected chi connectivity index (χ1v) is 14.9. The Labute approximate surface area is 288 Å². The van der Waals surface area contributed by atoms with Gasteiger partial charge >= 0.3 is 23.6 Å². The van der Waals surface area contributed by atoms with Crippen LogP contribution in [0.2, 0.25) is 0 Å². The van der Waals surface area contributed by atoms with Crippen molar-refractivity contribution in [2.75, 3.05) is 6.61 Å². The minimum atomic E-state index is -1.62. The van der Waals surface area contributed by atoms with E-state index < -0.39 is 81.5 Å². The molecule has 0 spiro atoms. The first-order chi connectivity index (χ1) is 24.7. The van der Waals surface area contributed by atoms with Gasteiger partial charge in [-0.2, -0.15) is 9.78 Å². The molecule has 5 rings (SSSR count). The number of carbonyl (C=O) groups excluding carboxylic acids is 3. The number of nitrogens with one attached hydrogen (secondary N) is 1. The Morgan fingerprint density at radius 3 is 1.67 bits per heavy atom. The van der Waals surface area contributed by atoms with E-state index in [9.17, 15) is 54.3 Å². The van der Waals surface area contributed by atoms with E-state index in [-0.39, 0.29) is 39.4 Å². The summed E-state index contributed by atoms with van der Waals surface area (Å²) in [7, 11) is 0. The van der Waals surface area contributed by atoms with Crippen LogP contribution >= 0.6 is 0 Å². The number of H-pyrrole nitrogens is 1. The van der Waals surface area contributed by atoms with Crippen LogP contribution in [-0.2, 0) is 18.9 Å². The molecule has 4 aromatic rings. The smallest absolute Gasteiger partial charge is 0.347 e. The Bertz CT molecular complexity index is 2170. The Morgan fingerprint density at radius 2 is 1.21 bits per heavy atom. The highest BCUT2D eigenvalue weighted by molar-refractivity contribution is 5.91. The number of benzene rings is 3. The number of hydrogen-bond acceptors (Lipinski definition) is 16. The zero-order valence-corrected chi connectivity index (χ0v) is 26.5. The molecule has 1 aliphatic heterocycles. The van der Waals surface area contributed by atoms with Gasteiger partial charge in [0, 0.05) is 42.8 Å². The van der Waals surface area contributed by atoms with Gasteiger partial charge in [0.15, 0.2) is 12.3 Å². The van der Waals surface area contributed by atoms with Gasteiger partial charge in [-0.25, -0.2) is 19.2 Å². The summed E-state index contributed by atoms with van der Waals surface area (Å²) >= 11 is 0. The molecule has 0 aliphatic carbocycles. The van der Waals surface area contributed by atoms with Crippen molar-refractivity contribution in [3.8, 4) is 0 Å². The number of non-ortho nitro benzene ring substituents is 3. The summed E-state index contributed by atoms with van der Waals surface area (Å²) in [6, 6.07) is 12.9. The zero-order chi connectivity index (χ0) is 37.7. The maximum Gasteiger partial charge on any atom is 0.347 e. The van der Waals surface area contributed by atoms with E-state index in [1.807, 2.05) is 0 Å². The first kappa shape index (κ1) is 36.1. The number of aryl methyl sites for hydroxylation is 1. The van der Waals surface area contributed by atoms with Crippen LogP contribution in [-0.4, -0.2) is 72.4 Å². The average molecular weight is 721 g/mol. The number of rotatable bonds is 11. The Morgan fingerprint density at radius 1 is 0.769 bits per heavy atom. The minimum absolute atomic E-state index is 0.118. The molecule has 0 radical (unpaired) electrons. The third kappa shape index (κ3) is 8.16. The topological polar surface area (TPSA) is 285 Å². The zero-order valence-electron chi connectivity index (χ0n) is 26.5. The second-order valence-corrected chi connectivity index (χ2v) is 11.0. The van der Waals surface area contributed by atoms with Crippen molar-refractivity contribution in [3.05, 3.63) is 146 Å². The molecule has 21 heteroatoms. The molecule has 52 heavy (non-hydrogen) atoms. The molecular weight excluding hydrogens is 696 g/mol. The molecule has 2 heterocycles. The fourth-order valence-corrected chi connectivity index (χ4v) is 4.95. The van der Waals surface area contributed by atoms with Gasteiger partial charge in [-0.3, -0.25) is 40.1 Å². The normalized spacial score (nSPS) is 18.1. The van der Waals surface area contributed by atoms with Gasteiger partial charge in [0.05, 0.1) is 31.5 Å². The van der Waals surface area contributed by atoms with Gasteiger partial charge < -0.3 is 18.9 Å². The van der Waals surface area contributed by atoms with Gasteiger partial charge in [0.25, 0.3) is 22.6 Å². The predicted octanol–water partition coefficient (Wildman–Crippen LogP) is 2.56. The minimum Gasteiger partial charge on any atom is -0.459 e. The standard InChI is InChI=1S/C31H24N6O15/c1-16-27(38)32-31(42)34(33-16)25-14-23(51-29(40)18-4-10-21(11-5-18)36(45)46)26(52-30(41)19-6-12-22(13-7-19)37(47)48)24(50-25)15-49-28(39)17-2-8-20(9-3-17)35(43)44/h2-13,23-26H,14-15H2,1H3,(H,32,38,42)/t23-,24+,25-,26+/m0/s1. The fraction of sp³-hybridized carbons (Fsp3) is 0.226. The summed E-state index contributed by atoms with van der Waals surface area (Å²) in [6.45, 7) is 0.551. The van der Waals surface area contributed by atoms with E-state index in [0.717, 1.165) is 77.5 Å². The predicted molar refractivity (Wildman–Crippen MR) is 170 cm³/mol. The van der Waals surface area contributed by atoms with Crippen molar-refractivity contribution in [2.45, 2.75) is 37.9 Å². The molecule has 0 bridgehead atoms. The molecule has 21 nitrogen and oxygen atoms in total. The van der Waals surface area contributed by atoms with Crippen LogP contribution in [0.15, 0.2) is 82.4 Å². The summed E-state index contributed by atoms with van der Waals surface area (Å²) in [5, 5.41) is 37.2. The number of nitro groups is 3. The molecule has 3 aromatic carbocycles. The molecule has 0 unspecified atom stereocenters. The molecule has 1 aromatic heterocycles. The quantitative estimate of drug-likeness (QED) is 0.101. The summed E-state index contributed by atoms with van der Waals surface area (Å²) in [5.41, 5.74) is -3.42. The average Bonchev–Trinajstić information content (AvgIpc) is 3.12. The highest BCUT2D eigenvalue weighted by Gasteiger charge is 2.46. The van der Waals surface area contributed by atoms with Crippen molar-refractivity contribution in [3.63, 3.8) is 0 Å². The van der Waals surface area contributed by atoms with E-state index in [0.29, 0.717) is 0 Å². The Balaban J connectivity index is 1.51. The lowest BCUT2D eigenvalue weighted by Crippen LogP contribution is -2.54. The second-order valence-electron chi connectivity index (χ2n) is 11.0. The molecule has 1 fully saturated rings. The molecule has 1 aliphatic rings. The molecule has 1 N–H and O–H groups in total. The number of nitro benzene ring substituents is 3. The van der Waals surface area contributed by atoms with Gasteiger partial charge in [0.2, 0.25) is 0 Å². The summed E-state index contributed by atoms with van der Waals surface area (Å²) < 4.78 is 23.5. The van der Waals surface area contributed by atoms with Crippen molar-refractivity contribution < 1.29 is 48.1 Å². The van der Waals surface area contributed by atoms with Crippen molar-refractivity contribution >= 4 is 35.0 Å². The van der Waals surface area contributed by atoms with E-state index in [1.54, 1.807) is 0 Å². The second kappa shape index (κ2) is 15.2. The summed E-state index contributed by atoms with van der Waals surface area (Å²) in [6.07, 6.45) is -6.59. The van der Waals surface area contributed by atoms with Crippen molar-refractivity contribution in [2.24, 2.45) is 0 Å². The van der Waals surface area contributed by atoms with Crippen LogP contribution in [0.4, 0.5) is 17.1 Å². The molecule has 1 saturated heterocycles. The van der Waals surface area contributed by atoms with Gasteiger partial charge in [0.1, 0.15) is 24.5 Å².